The first-order chi connectivity index (χ1) is 12.3. The summed E-state index contributed by atoms with van der Waals surface area (Å²) in [4.78, 5) is 0. The van der Waals surface area contributed by atoms with Gasteiger partial charge in [-0.25, -0.2) is 0 Å². The predicted octanol–water partition coefficient (Wildman–Crippen LogP) is 4.85. The van der Waals surface area contributed by atoms with Crippen LogP contribution in [0.4, 0.5) is 0 Å². The zero-order valence-electron chi connectivity index (χ0n) is 16.3. The zero-order chi connectivity index (χ0) is 18.5. The summed E-state index contributed by atoms with van der Waals surface area (Å²) in [5.74, 6) is 1.40. The van der Waals surface area contributed by atoms with Gasteiger partial charge in [-0.3, -0.25) is 0 Å². The summed E-state index contributed by atoms with van der Waals surface area (Å²) in [5.41, 5.74) is 3.37. The number of hydrogen-bond donors (Lipinski definition) is 0. The van der Waals surface area contributed by atoms with Gasteiger partial charge in [-0.2, -0.15) is 0 Å². The summed E-state index contributed by atoms with van der Waals surface area (Å²) in [7, 11) is 1.50. The third-order valence-corrected chi connectivity index (χ3v) is 6.35. The van der Waals surface area contributed by atoms with Crippen LogP contribution in [0.3, 0.4) is 0 Å². The van der Waals surface area contributed by atoms with Crippen LogP contribution < -0.4 is 4.74 Å². The lowest BCUT2D eigenvalue weighted by atomic mass is 9.63. The summed E-state index contributed by atoms with van der Waals surface area (Å²) >= 11 is 0. The Kier molecular flexibility index (Phi) is 4.16. The summed E-state index contributed by atoms with van der Waals surface area (Å²) in [6.45, 7) is 8.48. The average Bonchev–Trinajstić information content (AvgIpc) is 3.09. The molecule has 136 valence electrons. The molecule has 0 spiro atoms. The Morgan fingerprint density at radius 2 is 1.62 bits per heavy atom. The van der Waals surface area contributed by atoms with E-state index in [0.29, 0.717) is 0 Å². The highest BCUT2D eigenvalue weighted by Crippen LogP contribution is 2.52. The van der Waals surface area contributed by atoms with Crippen molar-refractivity contribution >= 4 is 7.12 Å². The van der Waals surface area contributed by atoms with Crippen LogP contribution in [-0.4, -0.2) is 25.4 Å². The van der Waals surface area contributed by atoms with Gasteiger partial charge in [-0.15, -0.1) is 0 Å². The van der Waals surface area contributed by atoms with Gasteiger partial charge in [0, 0.05) is 11.7 Å². The van der Waals surface area contributed by atoms with Gasteiger partial charge in [-0.05, 0) is 62.9 Å². The van der Waals surface area contributed by atoms with Crippen LogP contribution in [0.25, 0.3) is 0 Å². The van der Waals surface area contributed by atoms with Crippen molar-refractivity contribution in [3.63, 3.8) is 0 Å². The number of hydrogen-bond acceptors (Lipinski definition) is 3. The SMILES string of the molecule is COc1ccc2c(c1)[C@H](c1ccccc1)[C@H](B1OC(C)(C)C(C)(C)O1)C2. The van der Waals surface area contributed by atoms with Gasteiger partial charge in [0.2, 0.25) is 0 Å². The summed E-state index contributed by atoms with van der Waals surface area (Å²) < 4.78 is 18.4. The minimum absolute atomic E-state index is 0.219. The highest BCUT2D eigenvalue weighted by Gasteiger charge is 2.56. The molecule has 1 aliphatic carbocycles. The van der Waals surface area contributed by atoms with Crippen LogP contribution in [0, 0.1) is 0 Å². The van der Waals surface area contributed by atoms with Crippen molar-refractivity contribution in [1.29, 1.82) is 0 Å². The number of methoxy groups -OCH3 is 1. The fourth-order valence-corrected chi connectivity index (χ4v) is 4.18. The van der Waals surface area contributed by atoms with E-state index in [9.17, 15) is 0 Å². The van der Waals surface area contributed by atoms with Gasteiger partial charge < -0.3 is 14.0 Å². The Labute approximate surface area is 156 Å². The van der Waals surface area contributed by atoms with Crippen molar-refractivity contribution < 1.29 is 14.0 Å². The van der Waals surface area contributed by atoms with E-state index < -0.39 is 0 Å². The fourth-order valence-electron chi connectivity index (χ4n) is 4.18. The molecule has 0 amide bonds. The van der Waals surface area contributed by atoms with Crippen molar-refractivity contribution in [3.8, 4) is 5.75 Å². The van der Waals surface area contributed by atoms with Crippen molar-refractivity contribution in [2.75, 3.05) is 7.11 Å². The lowest BCUT2D eigenvalue weighted by Gasteiger charge is -2.32. The van der Waals surface area contributed by atoms with E-state index in [4.69, 9.17) is 14.0 Å². The topological polar surface area (TPSA) is 27.7 Å². The third kappa shape index (κ3) is 2.76. The molecule has 0 aromatic heterocycles. The first-order valence-electron chi connectivity index (χ1n) is 9.40. The highest BCUT2D eigenvalue weighted by molar-refractivity contribution is 6.48. The monoisotopic (exact) mass is 350 g/mol. The molecule has 2 aliphatic rings. The molecule has 1 aliphatic heterocycles. The van der Waals surface area contributed by atoms with E-state index in [2.05, 4.69) is 70.2 Å². The van der Waals surface area contributed by atoms with Gasteiger partial charge in [0.15, 0.2) is 0 Å². The van der Waals surface area contributed by atoms with Crippen molar-refractivity contribution in [2.24, 2.45) is 0 Å². The summed E-state index contributed by atoms with van der Waals surface area (Å²) in [6, 6.07) is 17.1. The molecular weight excluding hydrogens is 323 g/mol. The zero-order valence-corrected chi connectivity index (χ0v) is 16.3. The Balaban J connectivity index is 1.76. The van der Waals surface area contributed by atoms with E-state index in [1.54, 1.807) is 7.11 Å². The molecule has 1 fully saturated rings. The molecule has 1 saturated heterocycles. The van der Waals surface area contributed by atoms with Gasteiger partial charge in [0.1, 0.15) is 5.75 Å². The quantitative estimate of drug-likeness (QED) is 0.741. The van der Waals surface area contributed by atoms with Crippen LogP contribution >= 0.6 is 0 Å². The van der Waals surface area contributed by atoms with Gasteiger partial charge in [-0.1, -0.05) is 36.4 Å². The molecule has 0 bridgehead atoms. The molecule has 2 atom stereocenters. The Hall–Kier alpha value is -1.78. The largest absolute Gasteiger partial charge is 0.497 e. The number of benzene rings is 2. The molecule has 26 heavy (non-hydrogen) atoms. The molecule has 2 aromatic carbocycles. The van der Waals surface area contributed by atoms with Crippen LogP contribution in [0.1, 0.15) is 50.3 Å². The molecule has 3 nitrogen and oxygen atoms in total. The average molecular weight is 350 g/mol. The van der Waals surface area contributed by atoms with Crippen LogP contribution in [0.15, 0.2) is 48.5 Å². The number of ether oxygens (including phenoxy) is 1. The molecule has 0 N–H and O–H groups in total. The summed E-state index contributed by atoms with van der Waals surface area (Å²) in [5, 5.41) is 0. The molecule has 0 radical (unpaired) electrons. The van der Waals surface area contributed by atoms with Crippen molar-refractivity contribution in [3.05, 3.63) is 65.2 Å². The van der Waals surface area contributed by atoms with Crippen LogP contribution in [0.5, 0.6) is 5.75 Å². The van der Waals surface area contributed by atoms with Crippen molar-refractivity contribution in [2.45, 2.75) is 57.1 Å². The van der Waals surface area contributed by atoms with Gasteiger partial charge in [0.25, 0.3) is 0 Å². The maximum absolute atomic E-state index is 6.43. The van der Waals surface area contributed by atoms with Crippen LogP contribution in [-0.2, 0) is 15.7 Å². The van der Waals surface area contributed by atoms with E-state index >= 15 is 0 Å². The molecule has 0 unspecified atom stereocenters. The number of rotatable bonds is 3. The van der Waals surface area contributed by atoms with Gasteiger partial charge >= 0.3 is 7.12 Å². The van der Waals surface area contributed by atoms with E-state index in [1.807, 2.05) is 6.07 Å². The second kappa shape index (κ2) is 6.14. The molecule has 1 heterocycles. The predicted molar refractivity (Wildman–Crippen MR) is 105 cm³/mol. The smallest absolute Gasteiger partial charge is 0.462 e. The van der Waals surface area contributed by atoms with Gasteiger partial charge in [0.05, 0.1) is 18.3 Å². The third-order valence-electron chi connectivity index (χ3n) is 6.35. The van der Waals surface area contributed by atoms with E-state index in [-0.39, 0.29) is 30.1 Å². The maximum atomic E-state index is 6.43. The van der Waals surface area contributed by atoms with E-state index in [0.717, 1.165) is 12.2 Å². The molecule has 2 aromatic rings. The van der Waals surface area contributed by atoms with Crippen molar-refractivity contribution in [1.82, 2.24) is 0 Å². The Morgan fingerprint density at radius 1 is 0.962 bits per heavy atom. The maximum Gasteiger partial charge on any atom is 0.462 e. The first-order valence-corrected chi connectivity index (χ1v) is 9.40. The molecule has 4 heteroatoms. The molecule has 0 saturated carbocycles. The fraction of sp³-hybridized carbons (Fsp3) is 0.455. The van der Waals surface area contributed by atoms with E-state index in [1.165, 1.54) is 16.7 Å². The highest BCUT2D eigenvalue weighted by atomic mass is 16.7. The van der Waals surface area contributed by atoms with Crippen LogP contribution in [0.2, 0.25) is 5.82 Å². The molecular formula is C22H27BO3. The minimum Gasteiger partial charge on any atom is -0.497 e. The lowest BCUT2D eigenvalue weighted by Crippen LogP contribution is -2.41. The number of fused-ring (bicyclic) bond motifs is 1. The Morgan fingerprint density at radius 3 is 2.23 bits per heavy atom. The molecule has 4 rings (SSSR count). The standard InChI is InChI=1S/C22H27BO3/c1-21(2)22(3,4)26-23(25-21)19-13-16-11-12-17(24-5)14-18(16)20(19)15-9-7-6-8-10-15/h6-12,14,19-20H,13H2,1-5H3/t19-,20+/m1/s1. The lowest BCUT2D eigenvalue weighted by molar-refractivity contribution is 0.00578. The summed E-state index contributed by atoms with van der Waals surface area (Å²) in [6.07, 6.45) is 0.954. The minimum atomic E-state index is -0.314. The normalized spacial score (nSPS) is 26.0. The second-order valence-corrected chi connectivity index (χ2v) is 8.45. The first kappa shape index (κ1) is 17.6. The second-order valence-electron chi connectivity index (χ2n) is 8.45. The Bertz CT molecular complexity index is 784.